The van der Waals surface area contributed by atoms with E-state index in [0.717, 1.165) is 11.1 Å². The van der Waals surface area contributed by atoms with Crippen LogP contribution in [-0.2, 0) is 0 Å². The summed E-state index contributed by atoms with van der Waals surface area (Å²) >= 11 is 0. The minimum atomic E-state index is -0.531. The summed E-state index contributed by atoms with van der Waals surface area (Å²) in [5.41, 5.74) is 8.59. The van der Waals surface area contributed by atoms with Crippen molar-refractivity contribution in [1.29, 1.82) is 0 Å². The van der Waals surface area contributed by atoms with Crippen molar-refractivity contribution in [3.63, 3.8) is 0 Å². The van der Waals surface area contributed by atoms with Gasteiger partial charge in [-0.3, -0.25) is 4.79 Å². The fourth-order valence-electron chi connectivity index (χ4n) is 1.83. The molecule has 0 fully saturated rings. The normalized spacial score (nSPS) is 10.3. The zero-order chi connectivity index (χ0) is 14.0. The summed E-state index contributed by atoms with van der Waals surface area (Å²) in [6, 6.07) is 9.59. The molecular weight excluding hydrogens is 243 g/mol. The second kappa shape index (κ2) is 5.10. The topological polar surface area (TPSA) is 55.1 Å². The van der Waals surface area contributed by atoms with Crippen LogP contribution in [0.15, 0.2) is 36.4 Å². The van der Waals surface area contributed by atoms with Gasteiger partial charge in [0.1, 0.15) is 5.82 Å². The molecule has 0 aromatic heterocycles. The molecule has 0 aliphatic heterocycles. The Bertz CT molecular complexity index is 638. The number of carbonyl (C=O) groups excluding carboxylic acids is 1. The van der Waals surface area contributed by atoms with Crippen molar-refractivity contribution in [3.8, 4) is 0 Å². The number of nitrogens with one attached hydrogen (secondary N) is 1. The molecule has 0 spiro atoms. The fourth-order valence-corrected chi connectivity index (χ4v) is 1.83. The van der Waals surface area contributed by atoms with Gasteiger partial charge in [-0.15, -0.1) is 0 Å². The number of aryl methyl sites for hydroxylation is 2. The second-order valence-electron chi connectivity index (χ2n) is 4.51. The molecule has 2 aromatic rings. The number of nitrogens with two attached hydrogens (primary N) is 1. The van der Waals surface area contributed by atoms with Gasteiger partial charge >= 0.3 is 0 Å². The Kier molecular flexibility index (Phi) is 3.51. The predicted octanol–water partition coefficient (Wildman–Crippen LogP) is 3.28. The number of carbonyl (C=O) groups is 1. The Labute approximate surface area is 111 Å². The molecule has 19 heavy (non-hydrogen) atoms. The first-order valence-corrected chi connectivity index (χ1v) is 5.91. The summed E-state index contributed by atoms with van der Waals surface area (Å²) in [6.45, 7) is 3.64. The molecular formula is C15H15FN2O. The molecule has 0 aliphatic rings. The minimum absolute atomic E-state index is 0.0382. The third-order valence-electron chi connectivity index (χ3n) is 2.87. The first-order valence-electron chi connectivity index (χ1n) is 5.91. The maximum absolute atomic E-state index is 13.6. The first-order chi connectivity index (χ1) is 8.97. The smallest absolute Gasteiger partial charge is 0.258 e. The number of nitrogen functional groups attached to an aromatic ring is 1. The monoisotopic (exact) mass is 258 g/mol. The third kappa shape index (κ3) is 2.91. The van der Waals surface area contributed by atoms with E-state index in [1.54, 1.807) is 24.3 Å². The van der Waals surface area contributed by atoms with E-state index in [9.17, 15) is 9.18 Å². The summed E-state index contributed by atoms with van der Waals surface area (Å²) < 4.78 is 13.6. The van der Waals surface area contributed by atoms with Crippen molar-refractivity contribution in [2.24, 2.45) is 0 Å². The van der Waals surface area contributed by atoms with E-state index in [1.807, 2.05) is 13.8 Å². The Balaban J connectivity index is 2.28. The molecule has 2 aromatic carbocycles. The van der Waals surface area contributed by atoms with Gasteiger partial charge < -0.3 is 11.1 Å². The van der Waals surface area contributed by atoms with Crippen molar-refractivity contribution < 1.29 is 9.18 Å². The Hall–Kier alpha value is -2.36. The van der Waals surface area contributed by atoms with Gasteiger partial charge in [0.25, 0.3) is 5.91 Å². The average Bonchev–Trinajstić information content (AvgIpc) is 2.35. The standard InChI is InChI=1S/C15H15FN2O/c1-9-3-5-13(16)12(7-9)15(19)18-14-6-4-11(17)8-10(14)2/h3-8H,17H2,1-2H3,(H,18,19). The molecule has 4 heteroatoms. The molecule has 0 atom stereocenters. The van der Waals surface area contributed by atoms with Crippen molar-refractivity contribution in [3.05, 3.63) is 58.9 Å². The van der Waals surface area contributed by atoms with E-state index in [0.29, 0.717) is 11.4 Å². The highest BCUT2D eigenvalue weighted by Gasteiger charge is 2.12. The molecule has 0 saturated carbocycles. The largest absolute Gasteiger partial charge is 0.399 e. The maximum atomic E-state index is 13.6. The molecule has 3 nitrogen and oxygen atoms in total. The highest BCUT2D eigenvalue weighted by molar-refractivity contribution is 6.05. The summed E-state index contributed by atoms with van der Waals surface area (Å²) in [4.78, 5) is 12.0. The molecule has 0 radical (unpaired) electrons. The van der Waals surface area contributed by atoms with E-state index in [4.69, 9.17) is 5.73 Å². The van der Waals surface area contributed by atoms with E-state index in [1.165, 1.54) is 12.1 Å². The summed E-state index contributed by atoms with van der Waals surface area (Å²) in [5, 5.41) is 2.69. The van der Waals surface area contributed by atoms with E-state index < -0.39 is 11.7 Å². The third-order valence-corrected chi connectivity index (χ3v) is 2.87. The van der Waals surface area contributed by atoms with Crippen molar-refractivity contribution >= 4 is 17.3 Å². The fraction of sp³-hybridized carbons (Fsp3) is 0.133. The number of anilines is 2. The van der Waals surface area contributed by atoms with Crippen LogP contribution in [0.25, 0.3) is 0 Å². The summed E-state index contributed by atoms with van der Waals surface area (Å²) in [5.74, 6) is -0.995. The van der Waals surface area contributed by atoms with Gasteiger partial charge in [0.15, 0.2) is 0 Å². The lowest BCUT2D eigenvalue weighted by molar-refractivity contribution is 0.102. The molecule has 0 aliphatic carbocycles. The molecule has 0 bridgehead atoms. The van der Waals surface area contributed by atoms with Gasteiger partial charge in [-0.25, -0.2) is 4.39 Å². The Morgan fingerprint density at radius 2 is 1.89 bits per heavy atom. The highest BCUT2D eigenvalue weighted by atomic mass is 19.1. The Morgan fingerprint density at radius 1 is 1.16 bits per heavy atom. The molecule has 0 unspecified atom stereocenters. The van der Waals surface area contributed by atoms with Gasteiger partial charge in [0, 0.05) is 11.4 Å². The number of hydrogen-bond acceptors (Lipinski definition) is 2. The number of benzene rings is 2. The van der Waals surface area contributed by atoms with Crippen LogP contribution < -0.4 is 11.1 Å². The number of hydrogen-bond donors (Lipinski definition) is 2. The van der Waals surface area contributed by atoms with Crippen molar-refractivity contribution in [2.45, 2.75) is 13.8 Å². The van der Waals surface area contributed by atoms with E-state index >= 15 is 0 Å². The van der Waals surface area contributed by atoms with Crippen LogP contribution in [0.1, 0.15) is 21.5 Å². The molecule has 3 N–H and O–H groups in total. The van der Waals surface area contributed by atoms with Crippen LogP contribution in [0.2, 0.25) is 0 Å². The van der Waals surface area contributed by atoms with Crippen molar-refractivity contribution in [1.82, 2.24) is 0 Å². The molecule has 98 valence electrons. The van der Waals surface area contributed by atoms with Crippen LogP contribution in [0.3, 0.4) is 0 Å². The predicted molar refractivity (Wildman–Crippen MR) is 74.7 cm³/mol. The van der Waals surface area contributed by atoms with Gasteiger partial charge in [-0.05, 0) is 49.7 Å². The zero-order valence-corrected chi connectivity index (χ0v) is 10.8. The van der Waals surface area contributed by atoms with Crippen LogP contribution in [0, 0.1) is 19.7 Å². The average molecular weight is 258 g/mol. The lowest BCUT2D eigenvalue weighted by Crippen LogP contribution is -2.14. The van der Waals surface area contributed by atoms with Gasteiger partial charge in [0.2, 0.25) is 0 Å². The second-order valence-corrected chi connectivity index (χ2v) is 4.51. The first kappa shape index (κ1) is 13.1. The van der Waals surface area contributed by atoms with Gasteiger partial charge in [0.05, 0.1) is 5.56 Å². The SMILES string of the molecule is Cc1ccc(F)c(C(=O)Nc2ccc(N)cc2C)c1. The quantitative estimate of drug-likeness (QED) is 0.812. The number of amides is 1. The molecule has 0 saturated heterocycles. The Morgan fingerprint density at radius 3 is 2.58 bits per heavy atom. The molecule has 0 heterocycles. The van der Waals surface area contributed by atoms with Gasteiger partial charge in [-0.1, -0.05) is 11.6 Å². The lowest BCUT2D eigenvalue weighted by atomic mass is 10.1. The maximum Gasteiger partial charge on any atom is 0.258 e. The molecule has 2 rings (SSSR count). The molecule has 1 amide bonds. The number of rotatable bonds is 2. The van der Waals surface area contributed by atoms with Crippen molar-refractivity contribution in [2.75, 3.05) is 11.1 Å². The van der Waals surface area contributed by atoms with Crippen LogP contribution in [-0.4, -0.2) is 5.91 Å². The number of halogens is 1. The van der Waals surface area contributed by atoms with E-state index in [2.05, 4.69) is 5.32 Å². The van der Waals surface area contributed by atoms with Crippen LogP contribution in [0.4, 0.5) is 15.8 Å². The van der Waals surface area contributed by atoms with E-state index in [-0.39, 0.29) is 5.56 Å². The zero-order valence-electron chi connectivity index (χ0n) is 10.8. The van der Waals surface area contributed by atoms with Gasteiger partial charge in [-0.2, -0.15) is 0 Å². The highest BCUT2D eigenvalue weighted by Crippen LogP contribution is 2.19. The summed E-state index contributed by atoms with van der Waals surface area (Å²) in [6.07, 6.45) is 0. The minimum Gasteiger partial charge on any atom is -0.399 e. The lowest BCUT2D eigenvalue weighted by Gasteiger charge is -2.10. The van der Waals surface area contributed by atoms with Crippen LogP contribution in [0.5, 0.6) is 0 Å². The summed E-state index contributed by atoms with van der Waals surface area (Å²) in [7, 11) is 0. The van der Waals surface area contributed by atoms with Crippen LogP contribution >= 0.6 is 0 Å².